The average molecular weight is 110 g/mol. The van der Waals surface area contributed by atoms with Gasteiger partial charge in [-0.25, -0.2) is 4.58 Å². The molecule has 0 saturated heterocycles. The maximum absolute atomic E-state index is 2.26. The molecule has 0 unspecified atom stereocenters. The van der Waals surface area contributed by atoms with E-state index in [1.807, 2.05) is 0 Å². The molecule has 1 aliphatic rings. The first-order valence-corrected chi connectivity index (χ1v) is 3.02. The van der Waals surface area contributed by atoms with Gasteiger partial charge in [0.25, 0.3) is 0 Å². The third kappa shape index (κ3) is 0.971. The van der Waals surface area contributed by atoms with Crippen LogP contribution >= 0.6 is 0 Å². The van der Waals surface area contributed by atoms with Gasteiger partial charge in [-0.3, -0.25) is 0 Å². The van der Waals surface area contributed by atoms with E-state index in [-0.39, 0.29) is 0 Å². The quantitative estimate of drug-likeness (QED) is 0.410. The minimum atomic E-state index is 1.18. The van der Waals surface area contributed by atoms with Gasteiger partial charge < -0.3 is 0 Å². The summed E-state index contributed by atoms with van der Waals surface area (Å²) in [5, 5.41) is 0. The summed E-state index contributed by atoms with van der Waals surface area (Å²) in [6.07, 6.45) is 5.59. The van der Waals surface area contributed by atoms with E-state index in [1.54, 1.807) is 0 Å². The highest BCUT2D eigenvalue weighted by Gasteiger charge is 2.03. The van der Waals surface area contributed by atoms with E-state index in [4.69, 9.17) is 0 Å². The molecule has 0 N–H and O–H groups in total. The van der Waals surface area contributed by atoms with Crippen LogP contribution in [0.5, 0.6) is 0 Å². The van der Waals surface area contributed by atoms with E-state index in [1.165, 1.54) is 18.7 Å². The molecule has 0 fully saturated rings. The van der Waals surface area contributed by atoms with Crippen molar-refractivity contribution in [2.45, 2.75) is 13.3 Å². The highest BCUT2D eigenvalue weighted by molar-refractivity contribution is 5.88. The largest absolute Gasteiger partial charge is 0.236 e. The van der Waals surface area contributed by atoms with Crippen LogP contribution in [0.3, 0.4) is 0 Å². The van der Waals surface area contributed by atoms with Crippen LogP contribution in [0.4, 0.5) is 0 Å². The summed E-state index contributed by atoms with van der Waals surface area (Å²) in [6, 6.07) is 0. The molecule has 0 aliphatic carbocycles. The van der Waals surface area contributed by atoms with Gasteiger partial charge in [0.1, 0.15) is 13.6 Å². The molecular weight excluding hydrogens is 98.1 g/mol. The summed E-state index contributed by atoms with van der Waals surface area (Å²) in [6.45, 7) is 3.32. The highest BCUT2D eigenvalue weighted by atomic mass is 15.0. The van der Waals surface area contributed by atoms with Crippen LogP contribution in [0.1, 0.15) is 13.3 Å². The smallest absolute Gasteiger partial charge is 0.172 e. The van der Waals surface area contributed by atoms with Gasteiger partial charge in [0.2, 0.25) is 0 Å². The number of nitrogens with zero attached hydrogens (tertiary/aromatic N) is 1. The second kappa shape index (κ2) is 2.12. The van der Waals surface area contributed by atoms with Gasteiger partial charge in [0, 0.05) is 19.4 Å². The predicted molar refractivity (Wildman–Crippen MR) is 35.5 cm³/mol. The molecule has 8 heavy (non-hydrogen) atoms. The van der Waals surface area contributed by atoms with Crippen LogP contribution in [-0.4, -0.2) is 23.9 Å². The Morgan fingerprint density at radius 1 is 1.62 bits per heavy atom. The molecule has 0 spiro atoms. The molecule has 44 valence electrons. The zero-order valence-corrected chi connectivity index (χ0v) is 5.52. The van der Waals surface area contributed by atoms with Crippen LogP contribution < -0.4 is 0 Å². The Morgan fingerprint density at radius 3 is 2.75 bits per heavy atom. The van der Waals surface area contributed by atoms with Gasteiger partial charge in [-0.15, -0.1) is 0 Å². The second-order valence-corrected chi connectivity index (χ2v) is 2.25. The molecule has 0 aromatic heterocycles. The minimum Gasteiger partial charge on any atom is -0.236 e. The Morgan fingerprint density at radius 2 is 2.38 bits per heavy atom. The molecule has 0 amide bonds. The zero-order valence-electron chi connectivity index (χ0n) is 5.52. The molecule has 0 saturated carbocycles. The van der Waals surface area contributed by atoms with Crippen LogP contribution in [0.2, 0.25) is 0 Å². The maximum atomic E-state index is 2.26. The zero-order chi connectivity index (χ0) is 5.98. The van der Waals surface area contributed by atoms with Gasteiger partial charge in [-0.1, -0.05) is 6.08 Å². The molecule has 1 heteroatoms. The lowest BCUT2D eigenvalue weighted by Crippen LogP contribution is -2.16. The molecule has 0 bridgehead atoms. The van der Waals surface area contributed by atoms with Gasteiger partial charge in [0.05, 0.1) is 0 Å². The van der Waals surface area contributed by atoms with E-state index in [0.29, 0.717) is 0 Å². The first-order valence-electron chi connectivity index (χ1n) is 3.02. The summed E-state index contributed by atoms with van der Waals surface area (Å²) in [7, 11) is 2.12. The normalized spacial score (nSPS) is 19.8. The van der Waals surface area contributed by atoms with Crippen molar-refractivity contribution in [2.75, 3.05) is 13.6 Å². The van der Waals surface area contributed by atoms with Crippen molar-refractivity contribution in [3.8, 4) is 0 Å². The fourth-order valence-corrected chi connectivity index (χ4v) is 0.826. The van der Waals surface area contributed by atoms with Crippen LogP contribution in [-0.2, 0) is 0 Å². The number of rotatable bonds is 0. The van der Waals surface area contributed by atoms with Crippen molar-refractivity contribution in [1.29, 1.82) is 0 Å². The third-order valence-corrected chi connectivity index (χ3v) is 1.59. The van der Waals surface area contributed by atoms with Crippen molar-refractivity contribution < 1.29 is 4.58 Å². The van der Waals surface area contributed by atoms with Gasteiger partial charge in [0.15, 0.2) is 5.71 Å². The first-order chi connectivity index (χ1) is 3.80. The molecule has 0 aromatic rings. The molecule has 1 heterocycles. The van der Waals surface area contributed by atoms with Gasteiger partial charge in [-0.2, -0.15) is 0 Å². The molecule has 0 atom stereocenters. The van der Waals surface area contributed by atoms with Crippen molar-refractivity contribution >= 4 is 5.71 Å². The fourth-order valence-electron chi connectivity index (χ4n) is 0.826. The Bertz CT molecular complexity index is 142. The van der Waals surface area contributed by atoms with Gasteiger partial charge >= 0.3 is 0 Å². The lowest BCUT2D eigenvalue weighted by molar-refractivity contribution is -0.497. The summed E-state index contributed by atoms with van der Waals surface area (Å²) < 4.78 is 2.26. The number of hydrogen-bond donors (Lipinski definition) is 0. The standard InChI is InChI=1S/C7H12N/c1-7-5-3-4-6-8(7)2/h3,5H,4,6H2,1-2H3/q+1. The highest BCUT2D eigenvalue weighted by Crippen LogP contribution is 1.93. The van der Waals surface area contributed by atoms with Crippen molar-refractivity contribution in [2.24, 2.45) is 0 Å². The van der Waals surface area contributed by atoms with E-state index < -0.39 is 0 Å². The Balaban J connectivity index is 2.76. The maximum Gasteiger partial charge on any atom is 0.172 e. The summed E-state index contributed by atoms with van der Waals surface area (Å²) >= 11 is 0. The molecule has 1 nitrogen and oxygen atoms in total. The summed E-state index contributed by atoms with van der Waals surface area (Å²) in [5.41, 5.74) is 1.37. The molecular formula is C7H12N+. The van der Waals surface area contributed by atoms with E-state index >= 15 is 0 Å². The second-order valence-electron chi connectivity index (χ2n) is 2.25. The Kier molecular flexibility index (Phi) is 1.47. The van der Waals surface area contributed by atoms with Crippen molar-refractivity contribution in [1.82, 2.24) is 0 Å². The third-order valence-electron chi connectivity index (χ3n) is 1.59. The van der Waals surface area contributed by atoms with Crippen LogP contribution in [0, 0.1) is 0 Å². The van der Waals surface area contributed by atoms with Crippen LogP contribution in [0.15, 0.2) is 12.2 Å². The molecule has 0 radical (unpaired) electrons. The molecule has 1 rings (SSSR count). The Labute approximate surface area is 50.3 Å². The van der Waals surface area contributed by atoms with E-state index in [0.717, 1.165) is 0 Å². The predicted octanol–water partition coefficient (Wildman–Crippen LogP) is 1.05. The minimum absolute atomic E-state index is 1.18. The monoisotopic (exact) mass is 110 g/mol. The summed E-state index contributed by atoms with van der Waals surface area (Å²) in [4.78, 5) is 0. The van der Waals surface area contributed by atoms with Crippen LogP contribution in [0.25, 0.3) is 0 Å². The van der Waals surface area contributed by atoms with Crippen molar-refractivity contribution in [3.63, 3.8) is 0 Å². The van der Waals surface area contributed by atoms with E-state index in [2.05, 4.69) is 30.7 Å². The molecule has 1 aliphatic heterocycles. The topological polar surface area (TPSA) is 3.01 Å². The van der Waals surface area contributed by atoms with Gasteiger partial charge in [-0.05, 0) is 0 Å². The summed E-state index contributed by atoms with van der Waals surface area (Å²) in [5.74, 6) is 0. The van der Waals surface area contributed by atoms with Crippen molar-refractivity contribution in [3.05, 3.63) is 12.2 Å². The average Bonchev–Trinajstić information content (AvgIpc) is 1.77. The fraction of sp³-hybridized carbons (Fsp3) is 0.571. The number of allylic oxidation sites excluding steroid dienone is 1. The first kappa shape index (κ1) is 5.54. The lowest BCUT2D eigenvalue weighted by Gasteiger charge is -2.00. The van der Waals surface area contributed by atoms with E-state index in [9.17, 15) is 0 Å². The molecule has 0 aromatic carbocycles. The SMILES string of the molecule is CC1=[N+](C)CCC=C1. The lowest BCUT2D eigenvalue weighted by atomic mass is 10.2. The Hall–Kier alpha value is -0.590. The number of hydrogen-bond acceptors (Lipinski definition) is 0.